The Bertz CT molecular complexity index is 2930. The number of aryl methyl sites for hydroxylation is 2. The second kappa shape index (κ2) is 14.2. The van der Waals surface area contributed by atoms with Gasteiger partial charge in [-0.3, -0.25) is 0 Å². The highest BCUT2D eigenvalue weighted by atomic mass is 32.1. The van der Waals surface area contributed by atoms with Crippen LogP contribution in [0.15, 0.2) is 200 Å². The van der Waals surface area contributed by atoms with E-state index in [0.717, 1.165) is 17.1 Å². The largest absolute Gasteiger partial charge is 0.310 e. The van der Waals surface area contributed by atoms with E-state index in [1.165, 1.54) is 86.6 Å². The lowest BCUT2D eigenvalue weighted by molar-refractivity contribution is 1.27. The van der Waals surface area contributed by atoms with Gasteiger partial charge in [-0.2, -0.15) is 0 Å². The molecule has 10 rings (SSSR count). The monoisotopic (exact) mass is 733 g/mol. The molecule has 10 aromatic rings. The van der Waals surface area contributed by atoms with Gasteiger partial charge in [-0.1, -0.05) is 151 Å². The van der Waals surface area contributed by atoms with Gasteiger partial charge in [0.1, 0.15) is 0 Å². The van der Waals surface area contributed by atoms with E-state index in [9.17, 15) is 0 Å². The van der Waals surface area contributed by atoms with Crippen LogP contribution >= 0.6 is 11.3 Å². The molecule has 0 bridgehead atoms. The van der Waals surface area contributed by atoms with Crippen LogP contribution < -0.4 is 4.90 Å². The van der Waals surface area contributed by atoms with Crippen molar-refractivity contribution in [2.45, 2.75) is 13.8 Å². The Balaban J connectivity index is 1.09. The molecule has 0 radical (unpaired) electrons. The summed E-state index contributed by atoms with van der Waals surface area (Å²) in [6, 6.07) is 73.6. The number of anilines is 3. The molecule has 0 aliphatic heterocycles. The van der Waals surface area contributed by atoms with Crippen LogP contribution in [0.2, 0.25) is 0 Å². The molecule has 0 saturated heterocycles. The number of fused-ring (bicyclic) bond motifs is 3. The lowest BCUT2D eigenvalue weighted by atomic mass is 9.85. The maximum absolute atomic E-state index is 2.37. The Morgan fingerprint density at radius 2 is 0.768 bits per heavy atom. The third-order valence-corrected chi connectivity index (χ3v) is 12.2. The molecule has 0 N–H and O–H groups in total. The molecular formula is C54H39NS. The average molecular weight is 734 g/mol. The first kappa shape index (κ1) is 33.8. The van der Waals surface area contributed by atoms with Crippen LogP contribution in [-0.4, -0.2) is 0 Å². The first-order valence-electron chi connectivity index (χ1n) is 19.2. The van der Waals surface area contributed by atoms with Crippen LogP contribution in [0.4, 0.5) is 17.1 Å². The molecule has 1 aromatic heterocycles. The summed E-state index contributed by atoms with van der Waals surface area (Å²) in [4.78, 5) is 4.91. The van der Waals surface area contributed by atoms with Gasteiger partial charge in [0.2, 0.25) is 0 Å². The lowest BCUT2D eigenvalue weighted by Gasteiger charge is -2.26. The maximum atomic E-state index is 2.37. The van der Waals surface area contributed by atoms with Crippen molar-refractivity contribution < 1.29 is 0 Å². The molecule has 0 amide bonds. The van der Waals surface area contributed by atoms with E-state index >= 15 is 0 Å². The summed E-state index contributed by atoms with van der Waals surface area (Å²) in [7, 11) is 0. The topological polar surface area (TPSA) is 3.24 Å². The summed E-state index contributed by atoms with van der Waals surface area (Å²) in [5.74, 6) is 0. The molecular weight excluding hydrogens is 695 g/mol. The zero-order chi connectivity index (χ0) is 37.6. The summed E-state index contributed by atoms with van der Waals surface area (Å²) < 4.78 is 0. The van der Waals surface area contributed by atoms with Gasteiger partial charge in [0.15, 0.2) is 0 Å². The Hall–Kier alpha value is -6.74. The number of nitrogens with zero attached hydrogens (tertiary/aromatic N) is 1. The van der Waals surface area contributed by atoms with Crippen molar-refractivity contribution >= 4 is 60.7 Å². The van der Waals surface area contributed by atoms with Crippen LogP contribution in [0.25, 0.3) is 75.5 Å². The van der Waals surface area contributed by atoms with Crippen molar-refractivity contribution in [1.29, 1.82) is 0 Å². The number of hydrogen-bond acceptors (Lipinski definition) is 2. The zero-order valence-corrected chi connectivity index (χ0v) is 32.2. The molecule has 2 heteroatoms. The van der Waals surface area contributed by atoms with Gasteiger partial charge >= 0.3 is 0 Å². The molecule has 1 nitrogen and oxygen atoms in total. The van der Waals surface area contributed by atoms with Gasteiger partial charge in [0.05, 0.1) is 0 Å². The Morgan fingerprint density at radius 1 is 0.321 bits per heavy atom. The van der Waals surface area contributed by atoms with Crippen molar-refractivity contribution in [3.8, 4) is 43.1 Å². The molecule has 0 aliphatic carbocycles. The maximum Gasteiger partial charge on any atom is 0.0468 e. The normalized spacial score (nSPS) is 11.4. The second-order valence-corrected chi connectivity index (χ2v) is 15.8. The Morgan fingerprint density at radius 3 is 1.36 bits per heavy atom. The van der Waals surface area contributed by atoms with Gasteiger partial charge in [0, 0.05) is 26.8 Å². The molecule has 9 aromatic carbocycles. The highest BCUT2D eigenvalue weighted by Crippen LogP contribution is 2.46. The minimum atomic E-state index is 1.14. The minimum Gasteiger partial charge on any atom is -0.310 e. The average Bonchev–Trinajstić information content (AvgIpc) is 3.75. The van der Waals surface area contributed by atoms with Crippen molar-refractivity contribution in [1.82, 2.24) is 0 Å². The van der Waals surface area contributed by atoms with Gasteiger partial charge < -0.3 is 4.90 Å². The quantitative estimate of drug-likeness (QED) is 0.147. The molecule has 0 fully saturated rings. The van der Waals surface area contributed by atoms with Crippen molar-refractivity contribution in [3.63, 3.8) is 0 Å². The van der Waals surface area contributed by atoms with Crippen molar-refractivity contribution in [2.75, 3.05) is 4.90 Å². The molecule has 0 atom stereocenters. The molecule has 0 saturated carbocycles. The molecule has 0 aliphatic rings. The third kappa shape index (κ3) is 6.15. The van der Waals surface area contributed by atoms with E-state index in [0.29, 0.717) is 0 Å². The molecule has 56 heavy (non-hydrogen) atoms. The number of hydrogen-bond donors (Lipinski definition) is 0. The fourth-order valence-corrected chi connectivity index (χ4v) is 9.20. The fourth-order valence-electron chi connectivity index (χ4n) is 8.19. The molecule has 0 spiro atoms. The van der Waals surface area contributed by atoms with Crippen molar-refractivity contribution in [2.24, 2.45) is 0 Å². The van der Waals surface area contributed by atoms with E-state index in [1.807, 2.05) is 11.3 Å². The predicted molar refractivity (Wildman–Crippen MR) is 243 cm³/mol. The lowest BCUT2D eigenvalue weighted by Crippen LogP contribution is -2.09. The summed E-state index contributed by atoms with van der Waals surface area (Å²) in [6.07, 6.45) is 0. The van der Waals surface area contributed by atoms with Gasteiger partial charge in [-0.25, -0.2) is 0 Å². The first-order chi connectivity index (χ1) is 27.6. The van der Waals surface area contributed by atoms with Gasteiger partial charge in [-0.15, -0.1) is 11.3 Å². The molecule has 266 valence electrons. The van der Waals surface area contributed by atoms with Crippen LogP contribution in [-0.2, 0) is 0 Å². The third-order valence-electron chi connectivity index (χ3n) is 11.0. The van der Waals surface area contributed by atoms with Crippen LogP contribution in [0.1, 0.15) is 11.1 Å². The van der Waals surface area contributed by atoms with E-state index in [4.69, 9.17) is 0 Å². The first-order valence-corrected chi connectivity index (χ1v) is 20.1. The number of benzene rings is 9. The summed E-state index contributed by atoms with van der Waals surface area (Å²) in [6.45, 7) is 4.28. The predicted octanol–water partition coefficient (Wildman–Crippen LogP) is 16.0. The van der Waals surface area contributed by atoms with Crippen molar-refractivity contribution in [3.05, 3.63) is 211 Å². The highest BCUT2D eigenvalue weighted by molar-refractivity contribution is 7.18. The summed E-state index contributed by atoms with van der Waals surface area (Å²) in [5.41, 5.74) is 13.4. The summed E-state index contributed by atoms with van der Waals surface area (Å²) in [5, 5.41) is 7.47. The molecule has 1 heterocycles. The van der Waals surface area contributed by atoms with Crippen LogP contribution in [0.3, 0.4) is 0 Å². The van der Waals surface area contributed by atoms with E-state index in [2.05, 4.69) is 219 Å². The second-order valence-electron chi connectivity index (χ2n) is 14.7. The highest BCUT2D eigenvalue weighted by Gasteiger charge is 2.18. The fraction of sp³-hybridized carbons (Fsp3) is 0.0370. The number of thiophene rings is 1. The number of rotatable bonds is 7. The van der Waals surface area contributed by atoms with E-state index < -0.39 is 0 Å². The van der Waals surface area contributed by atoms with Crippen LogP contribution in [0, 0.1) is 13.8 Å². The molecule has 0 unspecified atom stereocenters. The van der Waals surface area contributed by atoms with Gasteiger partial charge in [0.25, 0.3) is 0 Å². The minimum absolute atomic E-state index is 1.14. The Kier molecular flexibility index (Phi) is 8.54. The van der Waals surface area contributed by atoms with E-state index in [1.54, 1.807) is 0 Å². The Labute approximate surface area is 332 Å². The summed E-state index contributed by atoms with van der Waals surface area (Å²) >= 11 is 1.85. The standard InChI is InChI=1S/C54H39NS/c1-36-19-26-44(27-20-36)55(45-28-21-37(2)22-29-45)46-30-25-39-33-43(24-23-40(39)35-46)54-49-17-8-6-15-47(49)53(48-16-7-9-18-50(48)54)42-14-10-13-41(34-42)52-32-31-51(56-52)38-11-4-3-5-12-38/h3-35H,1-2H3. The smallest absolute Gasteiger partial charge is 0.0468 e. The van der Waals surface area contributed by atoms with Gasteiger partial charge in [-0.05, 0) is 140 Å². The van der Waals surface area contributed by atoms with E-state index in [-0.39, 0.29) is 0 Å². The zero-order valence-electron chi connectivity index (χ0n) is 31.4. The van der Waals surface area contributed by atoms with Crippen LogP contribution in [0.5, 0.6) is 0 Å². The SMILES string of the molecule is Cc1ccc(N(c2ccc(C)cc2)c2ccc3cc(-c4c5ccccc5c(-c5cccc(-c6ccc(-c7ccccc7)s6)c5)c5ccccc45)ccc3c2)cc1.